The van der Waals surface area contributed by atoms with Gasteiger partial charge >= 0.3 is 0 Å². The van der Waals surface area contributed by atoms with Crippen LogP contribution >= 0.6 is 0 Å². The van der Waals surface area contributed by atoms with E-state index in [1.54, 1.807) is 0 Å². The van der Waals surface area contributed by atoms with Crippen LogP contribution in [-0.4, -0.2) is 34.2 Å². The summed E-state index contributed by atoms with van der Waals surface area (Å²) in [5, 5.41) is 14.1. The third kappa shape index (κ3) is 3.47. The van der Waals surface area contributed by atoms with E-state index in [0.717, 1.165) is 50.2 Å². The van der Waals surface area contributed by atoms with Crippen LogP contribution in [0.2, 0.25) is 0 Å². The molecule has 104 valence electrons. The second-order valence-electron chi connectivity index (χ2n) is 4.75. The number of nitrogens with zero attached hydrogens (tertiary/aromatic N) is 3. The number of carbonyl (C=O) groups excluding carboxylic acids is 1. The summed E-state index contributed by atoms with van der Waals surface area (Å²) in [6.07, 6.45) is 3.35. The molecular formula is C13H21N5O. The Morgan fingerprint density at radius 2 is 1.89 bits per heavy atom. The Labute approximate surface area is 113 Å². The maximum absolute atomic E-state index is 12.1. The van der Waals surface area contributed by atoms with Crippen molar-refractivity contribution in [2.24, 2.45) is 5.92 Å². The lowest BCUT2D eigenvalue weighted by Crippen LogP contribution is -2.35. The van der Waals surface area contributed by atoms with Gasteiger partial charge in [-0.25, -0.2) is 4.98 Å². The molecular weight excluding hydrogens is 242 g/mol. The van der Waals surface area contributed by atoms with Gasteiger partial charge in [-0.1, -0.05) is 13.8 Å². The third-order valence-corrected chi connectivity index (χ3v) is 3.45. The average molecular weight is 263 g/mol. The number of aromatic nitrogens is 3. The lowest BCUT2D eigenvalue weighted by Gasteiger charge is -2.21. The van der Waals surface area contributed by atoms with Gasteiger partial charge in [-0.2, -0.15) is 0 Å². The van der Waals surface area contributed by atoms with Crippen molar-refractivity contribution >= 4 is 11.9 Å². The lowest BCUT2D eigenvalue weighted by molar-refractivity contribution is -0.120. The maximum Gasteiger partial charge on any atom is 0.249 e. The fourth-order valence-electron chi connectivity index (χ4n) is 2.29. The summed E-state index contributed by atoms with van der Waals surface area (Å²) >= 11 is 0. The van der Waals surface area contributed by atoms with Crippen molar-refractivity contribution in [3.8, 4) is 0 Å². The molecule has 1 aromatic heterocycles. The van der Waals surface area contributed by atoms with Crippen molar-refractivity contribution in [3.05, 3.63) is 11.4 Å². The van der Waals surface area contributed by atoms with Gasteiger partial charge in [0.15, 0.2) is 0 Å². The molecule has 1 saturated heterocycles. The van der Waals surface area contributed by atoms with E-state index in [-0.39, 0.29) is 11.8 Å². The molecule has 1 aliphatic rings. The minimum absolute atomic E-state index is 0.00889. The molecule has 2 heterocycles. The molecule has 0 radical (unpaired) electrons. The number of anilines is 1. The summed E-state index contributed by atoms with van der Waals surface area (Å²) in [4.78, 5) is 16.5. The van der Waals surface area contributed by atoms with Crippen LogP contribution in [0.25, 0.3) is 0 Å². The summed E-state index contributed by atoms with van der Waals surface area (Å²) in [7, 11) is 0. The van der Waals surface area contributed by atoms with Crippen LogP contribution < -0.4 is 10.6 Å². The third-order valence-electron chi connectivity index (χ3n) is 3.45. The Morgan fingerprint density at radius 3 is 2.53 bits per heavy atom. The largest absolute Gasteiger partial charge is 0.317 e. The molecule has 1 fully saturated rings. The van der Waals surface area contributed by atoms with Crippen LogP contribution in [0.3, 0.4) is 0 Å². The van der Waals surface area contributed by atoms with Gasteiger partial charge in [-0.3, -0.25) is 10.1 Å². The van der Waals surface area contributed by atoms with Gasteiger partial charge in [0.2, 0.25) is 11.9 Å². The molecule has 0 aromatic carbocycles. The molecule has 19 heavy (non-hydrogen) atoms. The predicted octanol–water partition coefficient (Wildman–Crippen LogP) is 0.934. The molecule has 1 amide bonds. The van der Waals surface area contributed by atoms with E-state index in [1.807, 2.05) is 13.8 Å². The zero-order valence-electron chi connectivity index (χ0n) is 11.6. The number of rotatable bonds is 4. The minimum atomic E-state index is 0.00889. The highest BCUT2D eigenvalue weighted by atomic mass is 16.2. The van der Waals surface area contributed by atoms with E-state index in [9.17, 15) is 4.79 Å². The maximum atomic E-state index is 12.1. The summed E-state index contributed by atoms with van der Waals surface area (Å²) in [6, 6.07) is 0. The molecule has 0 saturated carbocycles. The molecule has 0 spiro atoms. The van der Waals surface area contributed by atoms with Crippen molar-refractivity contribution in [2.75, 3.05) is 18.4 Å². The van der Waals surface area contributed by atoms with Gasteiger partial charge in [-0.05, 0) is 38.8 Å². The van der Waals surface area contributed by atoms with E-state index in [4.69, 9.17) is 0 Å². The Balaban J connectivity index is 2.03. The summed E-state index contributed by atoms with van der Waals surface area (Å²) in [5.74, 6) is 0.396. The zero-order chi connectivity index (χ0) is 13.7. The van der Waals surface area contributed by atoms with E-state index >= 15 is 0 Å². The summed E-state index contributed by atoms with van der Waals surface area (Å²) in [5.41, 5.74) is 1.82. The van der Waals surface area contributed by atoms with Crippen molar-refractivity contribution < 1.29 is 4.79 Å². The first kappa shape index (κ1) is 13.9. The Hall–Kier alpha value is -1.56. The molecule has 2 rings (SSSR count). The first-order chi connectivity index (χ1) is 9.24. The molecule has 0 atom stereocenters. The number of aryl methyl sites for hydroxylation is 2. The molecule has 2 N–H and O–H groups in total. The van der Waals surface area contributed by atoms with Crippen LogP contribution in [0.15, 0.2) is 0 Å². The van der Waals surface area contributed by atoms with Gasteiger partial charge < -0.3 is 5.32 Å². The molecule has 1 aromatic rings. The topological polar surface area (TPSA) is 79.8 Å². The first-order valence-corrected chi connectivity index (χ1v) is 6.98. The van der Waals surface area contributed by atoms with Gasteiger partial charge in [0, 0.05) is 5.92 Å². The fourth-order valence-corrected chi connectivity index (χ4v) is 2.29. The van der Waals surface area contributed by atoms with Gasteiger partial charge in [0.05, 0.1) is 11.4 Å². The highest BCUT2D eigenvalue weighted by Crippen LogP contribution is 2.14. The molecule has 6 nitrogen and oxygen atoms in total. The zero-order valence-corrected chi connectivity index (χ0v) is 11.6. The van der Waals surface area contributed by atoms with Crippen LogP contribution in [-0.2, 0) is 17.6 Å². The summed E-state index contributed by atoms with van der Waals surface area (Å²) in [6.45, 7) is 5.85. The van der Waals surface area contributed by atoms with E-state index in [2.05, 4.69) is 25.8 Å². The summed E-state index contributed by atoms with van der Waals surface area (Å²) < 4.78 is 0. The average Bonchev–Trinajstić information content (AvgIpc) is 2.48. The van der Waals surface area contributed by atoms with Crippen molar-refractivity contribution in [3.63, 3.8) is 0 Å². The van der Waals surface area contributed by atoms with Gasteiger partial charge in [0.1, 0.15) is 0 Å². The molecule has 6 heteroatoms. The highest BCUT2D eigenvalue weighted by Gasteiger charge is 2.21. The monoisotopic (exact) mass is 263 g/mol. The fraction of sp³-hybridized carbons (Fsp3) is 0.692. The molecule has 0 bridgehead atoms. The standard InChI is InChI=1S/C13H21N5O/c1-3-10-11(4-2)17-18-13(15-10)16-12(19)9-5-7-14-8-6-9/h9,14H,3-8H2,1-2H3,(H,15,16,18,19). The van der Waals surface area contributed by atoms with E-state index in [1.165, 1.54) is 0 Å². The van der Waals surface area contributed by atoms with Crippen molar-refractivity contribution in [2.45, 2.75) is 39.5 Å². The SMILES string of the molecule is CCc1nnc(NC(=O)C2CCNCC2)nc1CC. The van der Waals surface area contributed by atoms with E-state index in [0.29, 0.717) is 5.95 Å². The number of hydrogen-bond donors (Lipinski definition) is 2. The van der Waals surface area contributed by atoms with Crippen LogP contribution in [0, 0.1) is 5.92 Å². The van der Waals surface area contributed by atoms with Crippen LogP contribution in [0.4, 0.5) is 5.95 Å². The number of carbonyl (C=O) groups is 1. The Morgan fingerprint density at radius 1 is 1.21 bits per heavy atom. The van der Waals surface area contributed by atoms with Crippen LogP contribution in [0.1, 0.15) is 38.1 Å². The molecule has 0 aliphatic carbocycles. The predicted molar refractivity (Wildman–Crippen MR) is 72.8 cm³/mol. The number of hydrogen-bond acceptors (Lipinski definition) is 5. The van der Waals surface area contributed by atoms with E-state index < -0.39 is 0 Å². The Kier molecular flexibility index (Phi) is 4.79. The quantitative estimate of drug-likeness (QED) is 0.845. The normalized spacial score (nSPS) is 16.3. The van der Waals surface area contributed by atoms with Gasteiger partial charge in [-0.15, -0.1) is 10.2 Å². The number of piperidine rings is 1. The second-order valence-corrected chi connectivity index (χ2v) is 4.75. The van der Waals surface area contributed by atoms with Crippen LogP contribution in [0.5, 0.6) is 0 Å². The second kappa shape index (κ2) is 6.56. The van der Waals surface area contributed by atoms with Crippen molar-refractivity contribution in [1.82, 2.24) is 20.5 Å². The first-order valence-electron chi connectivity index (χ1n) is 6.98. The minimum Gasteiger partial charge on any atom is -0.317 e. The number of nitrogens with one attached hydrogen (secondary N) is 2. The van der Waals surface area contributed by atoms with Crippen molar-refractivity contribution in [1.29, 1.82) is 0 Å². The molecule has 0 unspecified atom stereocenters. The Bertz CT molecular complexity index is 443. The van der Waals surface area contributed by atoms with Gasteiger partial charge in [0.25, 0.3) is 0 Å². The number of amides is 1. The lowest BCUT2D eigenvalue weighted by atomic mass is 9.97. The molecule has 1 aliphatic heterocycles. The highest BCUT2D eigenvalue weighted by molar-refractivity contribution is 5.90. The smallest absolute Gasteiger partial charge is 0.249 e.